The van der Waals surface area contributed by atoms with Crippen LogP contribution in [-0.2, 0) is 11.1 Å². The van der Waals surface area contributed by atoms with Crippen molar-refractivity contribution in [2.45, 2.75) is 18.7 Å². The van der Waals surface area contributed by atoms with Gasteiger partial charge in [0.25, 0.3) is 0 Å². The molecule has 1 unspecified atom stereocenters. The van der Waals surface area contributed by atoms with Crippen molar-refractivity contribution in [3.63, 3.8) is 0 Å². The predicted octanol–water partition coefficient (Wildman–Crippen LogP) is -1.45. The Balaban J connectivity index is 0.00000121. The molecule has 1 atom stereocenters. The Morgan fingerprint density at radius 3 is 2.33 bits per heavy atom. The molecule has 0 amide bonds. The van der Waals surface area contributed by atoms with Gasteiger partial charge < -0.3 is 4.55 Å². The van der Waals surface area contributed by atoms with Gasteiger partial charge in [-0.05, 0) is 42.1 Å². The van der Waals surface area contributed by atoms with Gasteiger partial charge in [-0.3, -0.25) is 4.21 Å². The second-order valence-corrected chi connectivity index (χ2v) is 3.34. The molecule has 0 aliphatic rings. The van der Waals surface area contributed by atoms with Gasteiger partial charge in [-0.1, -0.05) is 12.1 Å². The summed E-state index contributed by atoms with van der Waals surface area (Å²) in [6.07, 6.45) is 0. The molecule has 0 N–H and O–H groups in total. The van der Waals surface area contributed by atoms with E-state index in [1.807, 2.05) is 13.0 Å². The predicted molar refractivity (Wildman–Crippen MR) is 43.1 cm³/mol. The summed E-state index contributed by atoms with van der Waals surface area (Å²) in [5.74, 6) is 0. The molecule has 0 heterocycles. The van der Waals surface area contributed by atoms with Crippen LogP contribution in [-0.4, -0.2) is 8.76 Å². The molecule has 0 bridgehead atoms. The number of rotatable bonds is 1. The number of hydrogen-bond acceptors (Lipinski definition) is 2. The summed E-state index contributed by atoms with van der Waals surface area (Å²) in [5.41, 5.74) is 1.84. The molecule has 0 aliphatic carbocycles. The van der Waals surface area contributed by atoms with Crippen molar-refractivity contribution in [1.82, 2.24) is 0 Å². The first-order chi connectivity index (χ1) is 5.13. The zero-order valence-corrected chi connectivity index (χ0v) is 10.3. The van der Waals surface area contributed by atoms with Crippen LogP contribution in [0.15, 0.2) is 23.1 Å². The van der Waals surface area contributed by atoms with Crippen molar-refractivity contribution in [2.75, 3.05) is 0 Å². The van der Waals surface area contributed by atoms with Crippen molar-refractivity contribution in [2.24, 2.45) is 0 Å². The molecule has 1 aromatic carbocycles. The van der Waals surface area contributed by atoms with E-state index < -0.39 is 11.1 Å². The fourth-order valence-electron chi connectivity index (χ4n) is 0.905. The maximum atomic E-state index is 10.6. The summed E-state index contributed by atoms with van der Waals surface area (Å²) in [7, 11) is 0. The first-order valence-electron chi connectivity index (χ1n) is 3.28. The van der Waals surface area contributed by atoms with Crippen molar-refractivity contribution in [3.05, 3.63) is 29.3 Å². The normalized spacial score (nSPS) is 11.9. The Labute approximate surface area is 97.0 Å². The van der Waals surface area contributed by atoms with Gasteiger partial charge in [-0.2, -0.15) is 0 Å². The Kier molecular flexibility index (Phi) is 5.29. The summed E-state index contributed by atoms with van der Waals surface area (Å²) in [4.78, 5) is 0.394. The average Bonchev–Trinajstić information content (AvgIpc) is 1.94. The van der Waals surface area contributed by atoms with Crippen LogP contribution in [0.5, 0.6) is 0 Å². The minimum atomic E-state index is -2.10. The van der Waals surface area contributed by atoms with Crippen LogP contribution in [0, 0.1) is 13.8 Å². The van der Waals surface area contributed by atoms with Gasteiger partial charge in [-0.25, -0.2) is 0 Å². The Bertz CT molecular complexity index is 299. The van der Waals surface area contributed by atoms with E-state index in [9.17, 15) is 8.76 Å². The fraction of sp³-hybridized carbons (Fsp3) is 0.250. The van der Waals surface area contributed by atoms with E-state index in [0.717, 1.165) is 11.1 Å². The van der Waals surface area contributed by atoms with E-state index in [2.05, 4.69) is 0 Å². The van der Waals surface area contributed by atoms with E-state index >= 15 is 0 Å². The minimum absolute atomic E-state index is 0. The average molecular weight is 192 g/mol. The Morgan fingerprint density at radius 2 is 1.92 bits per heavy atom. The van der Waals surface area contributed by atoms with Gasteiger partial charge in [0, 0.05) is 4.90 Å². The maximum absolute atomic E-state index is 10.6. The van der Waals surface area contributed by atoms with Gasteiger partial charge in [0.15, 0.2) is 0 Å². The maximum Gasteiger partial charge on any atom is 1.00 e. The molecular weight excluding hydrogens is 183 g/mol. The molecule has 0 radical (unpaired) electrons. The molecule has 4 heteroatoms. The summed E-state index contributed by atoms with van der Waals surface area (Å²) >= 11 is -2.10. The van der Waals surface area contributed by atoms with E-state index in [4.69, 9.17) is 0 Å². The summed E-state index contributed by atoms with van der Waals surface area (Å²) in [5, 5.41) is 0. The summed E-state index contributed by atoms with van der Waals surface area (Å²) in [6, 6.07) is 5.24. The number of aryl methyl sites for hydroxylation is 1. The third kappa shape index (κ3) is 2.68. The van der Waals surface area contributed by atoms with Gasteiger partial charge in [0.1, 0.15) is 0 Å². The largest absolute Gasteiger partial charge is 1.00 e. The van der Waals surface area contributed by atoms with Crippen LogP contribution in [0.2, 0.25) is 0 Å². The van der Waals surface area contributed by atoms with E-state index in [0.29, 0.717) is 4.90 Å². The van der Waals surface area contributed by atoms with Gasteiger partial charge in [-0.15, -0.1) is 0 Å². The molecule has 1 aromatic rings. The van der Waals surface area contributed by atoms with Crippen LogP contribution in [0.25, 0.3) is 0 Å². The van der Waals surface area contributed by atoms with Crippen LogP contribution in [0.1, 0.15) is 11.1 Å². The smallest absolute Gasteiger partial charge is 0.768 e. The monoisotopic (exact) mass is 192 g/mol. The quantitative estimate of drug-likeness (QED) is 0.403. The third-order valence-electron chi connectivity index (χ3n) is 1.73. The molecule has 12 heavy (non-hydrogen) atoms. The fourth-order valence-corrected chi connectivity index (χ4v) is 1.51. The van der Waals surface area contributed by atoms with Crippen molar-refractivity contribution in [3.8, 4) is 0 Å². The molecule has 0 aliphatic heterocycles. The first-order valence-corrected chi connectivity index (χ1v) is 4.36. The SMILES string of the molecule is Cc1cccc(S(=O)[O-])c1C.[Na+]. The van der Waals surface area contributed by atoms with Gasteiger partial charge >= 0.3 is 29.6 Å². The molecule has 0 fully saturated rings. The number of benzene rings is 1. The summed E-state index contributed by atoms with van der Waals surface area (Å²) in [6.45, 7) is 3.70. The van der Waals surface area contributed by atoms with Crippen molar-refractivity contribution in [1.29, 1.82) is 0 Å². The van der Waals surface area contributed by atoms with Crippen LogP contribution in [0.3, 0.4) is 0 Å². The zero-order chi connectivity index (χ0) is 8.43. The van der Waals surface area contributed by atoms with Gasteiger partial charge in [0.2, 0.25) is 0 Å². The van der Waals surface area contributed by atoms with E-state index in [1.54, 1.807) is 19.1 Å². The molecule has 0 spiro atoms. The second-order valence-electron chi connectivity index (χ2n) is 2.43. The topological polar surface area (TPSA) is 40.1 Å². The molecule has 1 rings (SSSR count). The van der Waals surface area contributed by atoms with Gasteiger partial charge in [0.05, 0.1) is 0 Å². The van der Waals surface area contributed by atoms with Crippen molar-refractivity contribution < 1.29 is 38.3 Å². The third-order valence-corrected chi connectivity index (χ3v) is 2.54. The Hall–Kier alpha value is 0.330. The second kappa shape index (κ2) is 5.14. The molecule has 0 saturated heterocycles. The van der Waals surface area contributed by atoms with Crippen LogP contribution in [0.4, 0.5) is 0 Å². The van der Waals surface area contributed by atoms with Crippen LogP contribution < -0.4 is 29.6 Å². The first kappa shape index (κ1) is 12.3. The molecule has 0 saturated carbocycles. The van der Waals surface area contributed by atoms with E-state index in [1.165, 1.54) is 0 Å². The van der Waals surface area contributed by atoms with Crippen molar-refractivity contribution >= 4 is 11.1 Å². The number of hydrogen-bond donors (Lipinski definition) is 0. The molecule has 60 valence electrons. The molecule has 2 nitrogen and oxygen atoms in total. The summed E-state index contributed by atoms with van der Waals surface area (Å²) < 4.78 is 21.1. The Morgan fingerprint density at radius 1 is 1.33 bits per heavy atom. The molecular formula is C8H9NaO2S. The molecule has 0 aromatic heterocycles. The van der Waals surface area contributed by atoms with E-state index in [-0.39, 0.29) is 29.6 Å². The zero-order valence-electron chi connectivity index (χ0n) is 7.46. The minimum Gasteiger partial charge on any atom is -0.768 e. The van der Waals surface area contributed by atoms with Crippen LogP contribution >= 0.6 is 0 Å². The standard InChI is InChI=1S/C8H10O2S.Na/c1-6-4-3-5-8(7(6)2)11(9)10;/h3-5H,1-2H3,(H,9,10);/q;+1/p-1.